The lowest BCUT2D eigenvalue weighted by Crippen LogP contribution is -2.12. The Morgan fingerprint density at radius 1 is 1.25 bits per heavy atom. The van der Waals surface area contributed by atoms with E-state index in [1.54, 1.807) is 18.7 Å². The Bertz CT molecular complexity index is 529. The van der Waals surface area contributed by atoms with Gasteiger partial charge in [0.2, 0.25) is 0 Å². The zero-order valence-electron chi connectivity index (χ0n) is 9.01. The van der Waals surface area contributed by atoms with Gasteiger partial charge in [-0.05, 0) is 13.8 Å². The van der Waals surface area contributed by atoms with Crippen LogP contribution in [0.1, 0.15) is 17.1 Å². The van der Waals surface area contributed by atoms with Crippen LogP contribution in [0.25, 0.3) is 5.82 Å². The highest BCUT2D eigenvalue weighted by molar-refractivity contribution is 7.80. The van der Waals surface area contributed by atoms with Crippen LogP contribution in [0.15, 0.2) is 18.7 Å². The first-order chi connectivity index (χ1) is 7.59. The average molecular weight is 233 g/mol. The van der Waals surface area contributed by atoms with Crippen molar-refractivity contribution in [2.75, 3.05) is 0 Å². The number of thiocarbonyl (C=S) groups is 1. The fraction of sp³-hybridized carbons (Fsp3) is 0.200. The summed E-state index contributed by atoms with van der Waals surface area (Å²) in [4.78, 5) is 12.8. The summed E-state index contributed by atoms with van der Waals surface area (Å²) in [5.41, 5.74) is 7.98. The largest absolute Gasteiger partial charge is 0.388 e. The summed E-state index contributed by atoms with van der Waals surface area (Å²) in [6.45, 7) is 3.92. The van der Waals surface area contributed by atoms with Crippen LogP contribution in [-0.4, -0.2) is 24.5 Å². The van der Waals surface area contributed by atoms with Gasteiger partial charge in [-0.1, -0.05) is 12.2 Å². The smallest absolute Gasteiger partial charge is 0.156 e. The lowest BCUT2D eigenvalue weighted by Gasteiger charge is -2.04. The predicted molar refractivity (Wildman–Crippen MR) is 64.5 cm³/mol. The van der Waals surface area contributed by atoms with E-state index in [1.807, 2.05) is 18.4 Å². The molecule has 0 aromatic carbocycles. The molecular formula is C10H11N5S. The van der Waals surface area contributed by atoms with Crippen molar-refractivity contribution < 1.29 is 0 Å². The summed E-state index contributed by atoms with van der Waals surface area (Å²) in [5.74, 6) is 0.707. The molecule has 0 spiro atoms. The highest BCUT2D eigenvalue weighted by atomic mass is 32.1. The van der Waals surface area contributed by atoms with Gasteiger partial charge in [-0.3, -0.25) is 4.57 Å². The standard InChI is InChI=1S/C10H11N5S/c1-6-7(2)15(5-14-6)9-4-12-8(3-13-9)10(11)16/h3-5H,1-2H3,(H2,11,16). The monoisotopic (exact) mass is 233 g/mol. The summed E-state index contributed by atoms with van der Waals surface area (Å²) in [5, 5.41) is 0. The molecule has 0 radical (unpaired) electrons. The quantitative estimate of drug-likeness (QED) is 0.781. The molecule has 2 rings (SSSR count). The summed E-state index contributed by atoms with van der Waals surface area (Å²) in [6.07, 6.45) is 4.91. The van der Waals surface area contributed by atoms with Gasteiger partial charge in [-0.25, -0.2) is 15.0 Å². The van der Waals surface area contributed by atoms with E-state index in [-0.39, 0.29) is 4.99 Å². The summed E-state index contributed by atoms with van der Waals surface area (Å²) in [6, 6.07) is 0. The van der Waals surface area contributed by atoms with Gasteiger partial charge in [0.05, 0.1) is 18.1 Å². The third-order valence-electron chi connectivity index (χ3n) is 2.39. The van der Waals surface area contributed by atoms with Crippen LogP contribution in [0.2, 0.25) is 0 Å². The van der Waals surface area contributed by atoms with Gasteiger partial charge in [0.1, 0.15) is 17.0 Å². The van der Waals surface area contributed by atoms with Crippen LogP contribution >= 0.6 is 12.2 Å². The molecule has 2 aromatic heterocycles. The Balaban J connectivity index is 2.42. The molecule has 0 aliphatic rings. The number of aromatic nitrogens is 4. The molecule has 0 unspecified atom stereocenters. The van der Waals surface area contributed by atoms with E-state index in [9.17, 15) is 0 Å². The Kier molecular flexibility index (Phi) is 2.66. The minimum Gasteiger partial charge on any atom is -0.388 e. The van der Waals surface area contributed by atoms with Gasteiger partial charge < -0.3 is 5.73 Å². The molecule has 0 bridgehead atoms. The second-order valence-electron chi connectivity index (χ2n) is 3.41. The number of rotatable bonds is 2. The molecule has 0 fully saturated rings. The molecule has 0 aliphatic carbocycles. The van der Waals surface area contributed by atoms with Crippen molar-refractivity contribution in [2.45, 2.75) is 13.8 Å². The second-order valence-corrected chi connectivity index (χ2v) is 3.85. The summed E-state index contributed by atoms with van der Waals surface area (Å²) < 4.78 is 1.87. The van der Waals surface area contributed by atoms with Gasteiger partial charge in [0.15, 0.2) is 5.82 Å². The van der Waals surface area contributed by atoms with Gasteiger partial charge in [-0.2, -0.15) is 0 Å². The SMILES string of the molecule is Cc1ncn(-c2cnc(C(N)=S)cn2)c1C. The zero-order valence-corrected chi connectivity index (χ0v) is 9.82. The molecule has 0 saturated carbocycles. The fourth-order valence-electron chi connectivity index (χ4n) is 1.30. The van der Waals surface area contributed by atoms with Gasteiger partial charge in [0, 0.05) is 5.69 Å². The van der Waals surface area contributed by atoms with E-state index in [0.717, 1.165) is 11.4 Å². The maximum atomic E-state index is 5.45. The van der Waals surface area contributed by atoms with Crippen molar-refractivity contribution in [2.24, 2.45) is 5.73 Å². The van der Waals surface area contributed by atoms with Crippen LogP contribution in [-0.2, 0) is 0 Å². The third kappa shape index (κ3) is 1.79. The normalized spacial score (nSPS) is 10.4. The summed E-state index contributed by atoms with van der Waals surface area (Å²) >= 11 is 4.81. The Morgan fingerprint density at radius 2 is 2.00 bits per heavy atom. The number of nitrogens with two attached hydrogens (primary N) is 1. The highest BCUT2D eigenvalue weighted by Crippen LogP contribution is 2.10. The molecule has 0 amide bonds. The van der Waals surface area contributed by atoms with Crippen molar-refractivity contribution in [1.29, 1.82) is 0 Å². The third-order valence-corrected chi connectivity index (χ3v) is 2.60. The van der Waals surface area contributed by atoms with Crippen LogP contribution in [0.4, 0.5) is 0 Å². The predicted octanol–water partition coefficient (Wildman–Crippen LogP) is 0.913. The van der Waals surface area contributed by atoms with Crippen molar-refractivity contribution >= 4 is 17.2 Å². The average Bonchev–Trinajstić information content (AvgIpc) is 2.60. The van der Waals surface area contributed by atoms with E-state index in [2.05, 4.69) is 15.0 Å². The minimum atomic E-state index is 0.248. The first-order valence-electron chi connectivity index (χ1n) is 4.72. The maximum Gasteiger partial charge on any atom is 0.156 e. The zero-order chi connectivity index (χ0) is 11.7. The fourth-order valence-corrected chi connectivity index (χ4v) is 1.41. The van der Waals surface area contributed by atoms with Gasteiger partial charge >= 0.3 is 0 Å². The number of hydrogen-bond acceptors (Lipinski definition) is 4. The minimum absolute atomic E-state index is 0.248. The van der Waals surface area contributed by atoms with E-state index in [4.69, 9.17) is 18.0 Å². The van der Waals surface area contributed by atoms with Crippen molar-refractivity contribution in [3.05, 3.63) is 35.8 Å². The Labute approximate surface area is 98.4 Å². The number of nitrogens with zero attached hydrogens (tertiary/aromatic N) is 4. The number of hydrogen-bond donors (Lipinski definition) is 1. The Morgan fingerprint density at radius 3 is 2.44 bits per heavy atom. The van der Waals surface area contributed by atoms with Gasteiger partial charge in [-0.15, -0.1) is 0 Å². The highest BCUT2D eigenvalue weighted by Gasteiger charge is 2.06. The van der Waals surface area contributed by atoms with Crippen LogP contribution in [0.5, 0.6) is 0 Å². The molecule has 2 heterocycles. The second kappa shape index (κ2) is 3.97. The van der Waals surface area contributed by atoms with Gasteiger partial charge in [0.25, 0.3) is 0 Å². The molecule has 82 valence electrons. The van der Waals surface area contributed by atoms with Crippen LogP contribution in [0, 0.1) is 13.8 Å². The molecule has 16 heavy (non-hydrogen) atoms. The van der Waals surface area contributed by atoms with E-state index < -0.39 is 0 Å². The Hall–Kier alpha value is -1.82. The molecule has 6 heteroatoms. The molecule has 5 nitrogen and oxygen atoms in total. The lowest BCUT2D eigenvalue weighted by molar-refractivity contribution is 0.931. The van der Waals surface area contributed by atoms with E-state index in [0.29, 0.717) is 11.5 Å². The topological polar surface area (TPSA) is 69.6 Å². The van der Waals surface area contributed by atoms with E-state index in [1.165, 1.54) is 0 Å². The number of imidazole rings is 1. The molecule has 2 aromatic rings. The molecular weight excluding hydrogens is 222 g/mol. The molecule has 2 N–H and O–H groups in total. The first-order valence-corrected chi connectivity index (χ1v) is 5.13. The van der Waals surface area contributed by atoms with E-state index >= 15 is 0 Å². The van der Waals surface area contributed by atoms with Crippen molar-refractivity contribution in [1.82, 2.24) is 19.5 Å². The molecule has 0 atom stereocenters. The van der Waals surface area contributed by atoms with Crippen molar-refractivity contribution in [3.63, 3.8) is 0 Å². The number of aryl methyl sites for hydroxylation is 1. The lowest BCUT2D eigenvalue weighted by atomic mass is 10.4. The summed E-state index contributed by atoms with van der Waals surface area (Å²) in [7, 11) is 0. The molecule has 0 saturated heterocycles. The van der Waals surface area contributed by atoms with Crippen LogP contribution < -0.4 is 5.73 Å². The van der Waals surface area contributed by atoms with Crippen molar-refractivity contribution in [3.8, 4) is 5.82 Å². The van der Waals surface area contributed by atoms with Crippen LogP contribution in [0.3, 0.4) is 0 Å². The molecule has 0 aliphatic heterocycles. The maximum absolute atomic E-state index is 5.45. The first kappa shape index (κ1) is 10.7.